The molecule has 138 valence electrons. The van der Waals surface area contributed by atoms with Crippen LogP contribution in [0.25, 0.3) is 0 Å². The standard InChI is InChI=1S/C18H25NO5S/c1-12(2)10-19-18(21)15-8-13(3)4-5-16(15)24-17(20)9-14-6-7-25(22,23)11-14/h4-5,8,12,14H,6-7,9-11H2,1-3H3,(H,19,21). The highest BCUT2D eigenvalue weighted by atomic mass is 32.2. The first-order valence-corrected chi connectivity index (χ1v) is 10.3. The summed E-state index contributed by atoms with van der Waals surface area (Å²) in [5.74, 6) is -0.341. The van der Waals surface area contributed by atoms with E-state index in [4.69, 9.17) is 4.74 Å². The molecule has 1 amide bonds. The van der Waals surface area contributed by atoms with Gasteiger partial charge in [-0.3, -0.25) is 9.59 Å². The maximum Gasteiger partial charge on any atom is 0.311 e. The molecule has 0 aromatic heterocycles. The summed E-state index contributed by atoms with van der Waals surface area (Å²) in [5, 5.41) is 2.81. The summed E-state index contributed by atoms with van der Waals surface area (Å²) >= 11 is 0. The molecule has 0 aliphatic carbocycles. The van der Waals surface area contributed by atoms with Gasteiger partial charge in [0, 0.05) is 13.0 Å². The van der Waals surface area contributed by atoms with Gasteiger partial charge >= 0.3 is 5.97 Å². The lowest BCUT2D eigenvalue weighted by Crippen LogP contribution is -2.28. The van der Waals surface area contributed by atoms with Crippen LogP contribution in [0.3, 0.4) is 0 Å². The summed E-state index contributed by atoms with van der Waals surface area (Å²) in [4.78, 5) is 24.5. The number of ether oxygens (including phenoxy) is 1. The van der Waals surface area contributed by atoms with Gasteiger partial charge in [0.2, 0.25) is 0 Å². The van der Waals surface area contributed by atoms with Crippen molar-refractivity contribution in [3.05, 3.63) is 29.3 Å². The third-order valence-corrected chi connectivity index (χ3v) is 5.89. The number of esters is 1. The lowest BCUT2D eigenvalue weighted by Gasteiger charge is -2.13. The average Bonchev–Trinajstić information content (AvgIpc) is 2.85. The van der Waals surface area contributed by atoms with Gasteiger partial charge in [0.1, 0.15) is 5.75 Å². The minimum Gasteiger partial charge on any atom is -0.426 e. The van der Waals surface area contributed by atoms with Crippen molar-refractivity contribution in [3.63, 3.8) is 0 Å². The van der Waals surface area contributed by atoms with Crippen LogP contribution < -0.4 is 10.1 Å². The van der Waals surface area contributed by atoms with Crippen LogP contribution in [0, 0.1) is 18.8 Å². The molecule has 1 aromatic rings. The molecule has 1 heterocycles. The Kier molecular flexibility index (Phi) is 6.21. The fourth-order valence-electron chi connectivity index (χ4n) is 2.74. The highest BCUT2D eigenvalue weighted by Gasteiger charge is 2.30. The Morgan fingerprint density at radius 2 is 2.04 bits per heavy atom. The van der Waals surface area contributed by atoms with Crippen molar-refractivity contribution in [2.24, 2.45) is 11.8 Å². The van der Waals surface area contributed by atoms with Gasteiger partial charge in [0.15, 0.2) is 9.84 Å². The molecule has 0 spiro atoms. The second-order valence-corrected chi connectivity index (χ2v) is 9.28. The van der Waals surface area contributed by atoms with E-state index < -0.39 is 15.8 Å². The number of carbonyl (C=O) groups is 2. The fourth-order valence-corrected chi connectivity index (χ4v) is 4.60. The molecule has 25 heavy (non-hydrogen) atoms. The number of rotatable bonds is 6. The van der Waals surface area contributed by atoms with Gasteiger partial charge in [0.25, 0.3) is 5.91 Å². The number of carbonyl (C=O) groups excluding carboxylic acids is 2. The molecule has 1 aliphatic heterocycles. The van der Waals surface area contributed by atoms with Gasteiger partial charge in [-0.25, -0.2) is 8.42 Å². The van der Waals surface area contributed by atoms with Crippen molar-refractivity contribution in [3.8, 4) is 5.75 Å². The van der Waals surface area contributed by atoms with Crippen LogP contribution in [0.2, 0.25) is 0 Å². The predicted molar refractivity (Wildman–Crippen MR) is 95.4 cm³/mol. The molecule has 7 heteroatoms. The Labute approximate surface area is 148 Å². The summed E-state index contributed by atoms with van der Waals surface area (Å²) in [7, 11) is -3.03. The number of aryl methyl sites for hydroxylation is 1. The van der Waals surface area contributed by atoms with Crippen LogP contribution in [-0.4, -0.2) is 38.3 Å². The zero-order valence-electron chi connectivity index (χ0n) is 14.9. The van der Waals surface area contributed by atoms with Gasteiger partial charge in [-0.15, -0.1) is 0 Å². The highest BCUT2D eigenvalue weighted by Crippen LogP contribution is 2.25. The fraction of sp³-hybridized carbons (Fsp3) is 0.556. The van der Waals surface area contributed by atoms with Crippen molar-refractivity contribution in [2.75, 3.05) is 18.1 Å². The quantitative estimate of drug-likeness (QED) is 0.614. The summed E-state index contributed by atoms with van der Waals surface area (Å²) in [6, 6.07) is 5.04. The summed E-state index contributed by atoms with van der Waals surface area (Å²) < 4.78 is 28.3. The number of hydrogen-bond donors (Lipinski definition) is 1. The molecule has 0 radical (unpaired) electrons. The Morgan fingerprint density at radius 3 is 2.64 bits per heavy atom. The summed E-state index contributed by atoms with van der Waals surface area (Å²) in [6.07, 6.45) is 0.521. The van der Waals surface area contributed by atoms with E-state index in [9.17, 15) is 18.0 Å². The summed E-state index contributed by atoms with van der Waals surface area (Å²) in [5.41, 5.74) is 1.20. The Bertz CT molecular complexity index is 755. The molecule has 2 rings (SSSR count). The van der Waals surface area contributed by atoms with E-state index in [1.54, 1.807) is 18.2 Å². The van der Waals surface area contributed by atoms with E-state index >= 15 is 0 Å². The molecule has 1 aliphatic rings. The minimum absolute atomic E-state index is 0.0255. The smallest absolute Gasteiger partial charge is 0.311 e. The number of amides is 1. The van der Waals surface area contributed by atoms with Crippen LogP contribution in [0.4, 0.5) is 0 Å². The SMILES string of the molecule is Cc1ccc(OC(=O)CC2CCS(=O)(=O)C2)c(C(=O)NCC(C)C)c1. The van der Waals surface area contributed by atoms with Crippen LogP contribution >= 0.6 is 0 Å². The van der Waals surface area contributed by atoms with E-state index in [-0.39, 0.29) is 35.5 Å². The number of sulfone groups is 1. The van der Waals surface area contributed by atoms with Crippen molar-refractivity contribution in [1.29, 1.82) is 0 Å². The van der Waals surface area contributed by atoms with E-state index in [2.05, 4.69) is 5.32 Å². The van der Waals surface area contributed by atoms with Crippen molar-refractivity contribution >= 4 is 21.7 Å². The van der Waals surface area contributed by atoms with E-state index in [1.165, 1.54) is 0 Å². The molecule has 1 aromatic carbocycles. The molecule has 6 nitrogen and oxygen atoms in total. The van der Waals surface area contributed by atoms with Gasteiger partial charge in [-0.2, -0.15) is 0 Å². The van der Waals surface area contributed by atoms with Crippen molar-refractivity contribution in [1.82, 2.24) is 5.32 Å². The van der Waals surface area contributed by atoms with Crippen molar-refractivity contribution < 1.29 is 22.7 Å². The van der Waals surface area contributed by atoms with Crippen LogP contribution in [-0.2, 0) is 14.6 Å². The normalized spacial score (nSPS) is 19.0. The lowest BCUT2D eigenvalue weighted by atomic mass is 10.1. The third kappa shape index (κ3) is 5.85. The summed E-state index contributed by atoms with van der Waals surface area (Å²) in [6.45, 7) is 6.37. The zero-order chi connectivity index (χ0) is 18.6. The van der Waals surface area contributed by atoms with Crippen LogP contribution in [0.15, 0.2) is 18.2 Å². The van der Waals surface area contributed by atoms with Gasteiger partial charge in [-0.1, -0.05) is 25.5 Å². The topological polar surface area (TPSA) is 89.5 Å². The number of nitrogens with one attached hydrogen (secondary N) is 1. The largest absolute Gasteiger partial charge is 0.426 e. The molecular weight excluding hydrogens is 342 g/mol. The molecule has 1 fully saturated rings. The van der Waals surface area contributed by atoms with Crippen LogP contribution in [0.1, 0.15) is 42.6 Å². The second-order valence-electron chi connectivity index (χ2n) is 7.05. The molecular formula is C18H25NO5S. The monoisotopic (exact) mass is 367 g/mol. The molecule has 1 N–H and O–H groups in total. The Balaban J connectivity index is 2.05. The van der Waals surface area contributed by atoms with E-state index in [0.717, 1.165) is 5.56 Å². The van der Waals surface area contributed by atoms with E-state index in [0.29, 0.717) is 24.4 Å². The zero-order valence-corrected chi connectivity index (χ0v) is 15.7. The molecule has 0 saturated carbocycles. The van der Waals surface area contributed by atoms with Crippen LogP contribution in [0.5, 0.6) is 5.75 Å². The Hall–Kier alpha value is -1.89. The predicted octanol–water partition coefficient (Wildman–Crippen LogP) is 2.11. The molecule has 1 atom stereocenters. The first kappa shape index (κ1) is 19.4. The number of benzene rings is 1. The highest BCUT2D eigenvalue weighted by molar-refractivity contribution is 7.91. The van der Waals surface area contributed by atoms with Crippen molar-refractivity contribution in [2.45, 2.75) is 33.6 Å². The molecule has 1 saturated heterocycles. The minimum atomic E-state index is -3.03. The molecule has 0 bridgehead atoms. The first-order valence-electron chi connectivity index (χ1n) is 8.46. The third-order valence-electron chi connectivity index (χ3n) is 4.06. The Morgan fingerprint density at radius 1 is 1.32 bits per heavy atom. The molecule has 1 unspecified atom stereocenters. The van der Waals surface area contributed by atoms with Gasteiger partial charge in [-0.05, 0) is 37.3 Å². The van der Waals surface area contributed by atoms with Gasteiger partial charge < -0.3 is 10.1 Å². The first-order chi connectivity index (χ1) is 11.7. The van der Waals surface area contributed by atoms with E-state index in [1.807, 2.05) is 20.8 Å². The second kappa shape index (κ2) is 7.99. The van der Waals surface area contributed by atoms with Gasteiger partial charge in [0.05, 0.1) is 17.1 Å². The maximum atomic E-state index is 12.4. The number of hydrogen-bond acceptors (Lipinski definition) is 5. The maximum absolute atomic E-state index is 12.4. The lowest BCUT2D eigenvalue weighted by molar-refractivity contribution is -0.135. The average molecular weight is 367 g/mol.